The van der Waals surface area contributed by atoms with E-state index in [0.29, 0.717) is 17.3 Å². The summed E-state index contributed by atoms with van der Waals surface area (Å²) in [6.07, 6.45) is 1.08. The van der Waals surface area contributed by atoms with E-state index < -0.39 is 6.09 Å². The summed E-state index contributed by atoms with van der Waals surface area (Å²) in [4.78, 5) is 19.6. The van der Waals surface area contributed by atoms with Crippen molar-refractivity contribution in [2.24, 2.45) is 0 Å². The van der Waals surface area contributed by atoms with E-state index in [9.17, 15) is 4.79 Å². The van der Waals surface area contributed by atoms with Crippen LogP contribution in [0.3, 0.4) is 0 Å². The minimum Gasteiger partial charge on any atom is -0.481 e. The van der Waals surface area contributed by atoms with Gasteiger partial charge in [0.15, 0.2) is 5.82 Å². The Morgan fingerprint density at radius 3 is 2.70 bits per heavy atom. The maximum Gasteiger partial charge on any atom is 0.407 e. The number of rotatable bonds is 4. The second-order valence-corrected chi connectivity index (χ2v) is 3.92. The predicted molar refractivity (Wildman–Crippen MR) is 73.3 cm³/mol. The van der Waals surface area contributed by atoms with Crippen LogP contribution in [0.15, 0.2) is 36.5 Å². The largest absolute Gasteiger partial charge is 0.481 e. The summed E-state index contributed by atoms with van der Waals surface area (Å²) in [5.74, 6) is 0.953. The number of ether oxygens (including phenoxy) is 2. The summed E-state index contributed by atoms with van der Waals surface area (Å²) >= 11 is 0. The van der Waals surface area contributed by atoms with E-state index >= 15 is 0 Å². The van der Waals surface area contributed by atoms with Crippen LogP contribution >= 0.6 is 0 Å². The van der Waals surface area contributed by atoms with Gasteiger partial charge in [-0.3, -0.25) is 0 Å². The first-order chi connectivity index (χ1) is 9.74. The number of nitrogens with zero attached hydrogens (tertiary/aromatic N) is 2. The molecule has 1 amide bonds. The summed E-state index contributed by atoms with van der Waals surface area (Å²) < 4.78 is 10.2. The maximum atomic E-state index is 11.1. The molecule has 1 aromatic carbocycles. The molecule has 6 heteroatoms. The molecule has 0 unspecified atom stereocenters. The lowest BCUT2D eigenvalue weighted by molar-refractivity contribution is 0.140. The molecule has 1 N–H and O–H groups in total. The smallest absolute Gasteiger partial charge is 0.407 e. The minimum atomic E-state index is -0.515. The van der Waals surface area contributed by atoms with Crippen molar-refractivity contribution in [2.45, 2.75) is 6.61 Å². The Kier molecular flexibility index (Phi) is 4.49. The van der Waals surface area contributed by atoms with Crippen LogP contribution in [-0.2, 0) is 11.3 Å². The van der Waals surface area contributed by atoms with Crippen molar-refractivity contribution in [1.82, 2.24) is 15.3 Å². The van der Waals surface area contributed by atoms with Crippen LogP contribution in [0.25, 0.3) is 11.4 Å². The lowest BCUT2D eigenvalue weighted by Crippen LogP contribution is -2.19. The first-order valence-corrected chi connectivity index (χ1v) is 6.04. The van der Waals surface area contributed by atoms with Crippen molar-refractivity contribution in [3.05, 3.63) is 42.1 Å². The Morgan fingerprint density at radius 1 is 1.30 bits per heavy atom. The van der Waals surface area contributed by atoms with E-state index in [0.717, 1.165) is 5.56 Å². The number of carbonyl (C=O) groups excluding carboxylic acids is 1. The van der Waals surface area contributed by atoms with Crippen molar-refractivity contribution in [3.8, 4) is 17.3 Å². The lowest BCUT2D eigenvalue weighted by atomic mass is 10.2. The van der Waals surface area contributed by atoms with Gasteiger partial charge in [0.05, 0.1) is 12.7 Å². The normalized spacial score (nSPS) is 9.90. The number of hydrogen-bond acceptors (Lipinski definition) is 5. The number of amides is 1. The molecule has 0 atom stereocenters. The molecule has 0 saturated carbocycles. The zero-order valence-corrected chi connectivity index (χ0v) is 11.3. The molecule has 6 nitrogen and oxygen atoms in total. The average Bonchev–Trinajstić information content (AvgIpc) is 2.53. The van der Waals surface area contributed by atoms with Crippen LogP contribution in [0.2, 0.25) is 0 Å². The summed E-state index contributed by atoms with van der Waals surface area (Å²) in [6, 6.07) is 9.57. The highest BCUT2D eigenvalue weighted by atomic mass is 16.5. The highest BCUT2D eigenvalue weighted by molar-refractivity contribution is 5.66. The predicted octanol–water partition coefficient (Wildman–Crippen LogP) is 2.01. The van der Waals surface area contributed by atoms with Crippen LogP contribution in [-0.4, -0.2) is 30.2 Å². The standard InChI is InChI=1S/C14H15N3O3/c1-15-14(18)20-9-11-8-16-12(17-13(11)19-2)10-6-4-3-5-7-10/h3-8H,9H2,1-2H3,(H,15,18). The number of benzene rings is 1. The third kappa shape index (κ3) is 3.23. The fourth-order valence-electron chi connectivity index (χ4n) is 1.61. The highest BCUT2D eigenvalue weighted by Crippen LogP contribution is 2.21. The molecule has 2 rings (SSSR count). The molecule has 0 radical (unpaired) electrons. The topological polar surface area (TPSA) is 73.3 Å². The van der Waals surface area contributed by atoms with Gasteiger partial charge in [-0.1, -0.05) is 30.3 Å². The van der Waals surface area contributed by atoms with Crippen LogP contribution in [0.4, 0.5) is 4.79 Å². The van der Waals surface area contributed by atoms with Gasteiger partial charge in [-0.05, 0) is 0 Å². The minimum absolute atomic E-state index is 0.0535. The fraction of sp³-hybridized carbons (Fsp3) is 0.214. The fourth-order valence-corrected chi connectivity index (χ4v) is 1.61. The van der Waals surface area contributed by atoms with Crippen molar-refractivity contribution in [3.63, 3.8) is 0 Å². The van der Waals surface area contributed by atoms with Gasteiger partial charge in [-0.15, -0.1) is 0 Å². The quantitative estimate of drug-likeness (QED) is 0.922. The van der Waals surface area contributed by atoms with Gasteiger partial charge < -0.3 is 14.8 Å². The highest BCUT2D eigenvalue weighted by Gasteiger charge is 2.10. The molecule has 2 aromatic rings. The number of carbonyl (C=O) groups is 1. The van der Waals surface area contributed by atoms with Crippen LogP contribution < -0.4 is 10.1 Å². The molecule has 1 heterocycles. The number of hydrogen-bond donors (Lipinski definition) is 1. The Morgan fingerprint density at radius 2 is 2.05 bits per heavy atom. The Hall–Kier alpha value is -2.63. The van der Waals surface area contributed by atoms with E-state index in [2.05, 4.69) is 15.3 Å². The number of aromatic nitrogens is 2. The van der Waals surface area contributed by atoms with Crippen LogP contribution in [0.1, 0.15) is 5.56 Å². The molecular weight excluding hydrogens is 258 g/mol. The van der Waals surface area contributed by atoms with Crippen molar-refractivity contribution < 1.29 is 14.3 Å². The maximum absolute atomic E-state index is 11.1. The summed E-state index contributed by atoms with van der Waals surface area (Å²) in [5, 5.41) is 2.37. The lowest BCUT2D eigenvalue weighted by Gasteiger charge is -2.09. The van der Waals surface area contributed by atoms with Crippen molar-refractivity contribution >= 4 is 6.09 Å². The first kappa shape index (κ1) is 13.8. The van der Waals surface area contributed by atoms with Crippen LogP contribution in [0, 0.1) is 0 Å². The Balaban J connectivity index is 2.22. The number of alkyl carbamates (subject to hydrolysis) is 1. The van der Waals surface area contributed by atoms with Gasteiger partial charge in [0.25, 0.3) is 0 Å². The van der Waals surface area contributed by atoms with Gasteiger partial charge in [0.2, 0.25) is 5.88 Å². The molecule has 1 aromatic heterocycles. The number of nitrogens with one attached hydrogen (secondary N) is 1. The van der Waals surface area contributed by atoms with E-state index in [1.165, 1.54) is 14.2 Å². The van der Waals surface area contributed by atoms with Gasteiger partial charge in [-0.25, -0.2) is 9.78 Å². The second kappa shape index (κ2) is 6.51. The van der Waals surface area contributed by atoms with E-state index in [1.807, 2.05) is 30.3 Å². The molecule has 20 heavy (non-hydrogen) atoms. The third-order valence-electron chi connectivity index (χ3n) is 2.61. The number of methoxy groups -OCH3 is 1. The average molecular weight is 273 g/mol. The van der Waals surface area contributed by atoms with Gasteiger partial charge in [-0.2, -0.15) is 4.98 Å². The second-order valence-electron chi connectivity index (χ2n) is 3.92. The van der Waals surface area contributed by atoms with E-state index in [1.54, 1.807) is 6.20 Å². The molecule has 0 aliphatic carbocycles. The van der Waals surface area contributed by atoms with Gasteiger partial charge in [0.1, 0.15) is 6.61 Å². The summed E-state index contributed by atoms with van der Waals surface area (Å²) in [7, 11) is 3.01. The van der Waals surface area contributed by atoms with E-state index in [-0.39, 0.29) is 6.61 Å². The molecule has 104 valence electrons. The monoisotopic (exact) mass is 273 g/mol. The summed E-state index contributed by atoms with van der Waals surface area (Å²) in [6.45, 7) is 0.0535. The Bertz CT molecular complexity index is 587. The molecule has 0 aliphatic heterocycles. The Labute approximate surface area is 116 Å². The zero-order valence-electron chi connectivity index (χ0n) is 11.3. The third-order valence-corrected chi connectivity index (χ3v) is 2.61. The zero-order chi connectivity index (χ0) is 14.4. The molecule has 0 spiro atoms. The van der Waals surface area contributed by atoms with Crippen molar-refractivity contribution in [2.75, 3.05) is 14.2 Å². The van der Waals surface area contributed by atoms with Gasteiger partial charge >= 0.3 is 6.09 Å². The molecule has 0 fully saturated rings. The van der Waals surface area contributed by atoms with E-state index in [4.69, 9.17) is 9.47 Å². The molecule has 0 bridgehead atoms. The van der Waals surface area contributed by atoms with Gasteiger partial charge in [0, 0.05) is 18.8 Å². The SMILES string of the molecule is CNC(=O)OCc1cnc(-c2ccccc2)nc1OC. The van der Waals surface area contributed by atoms with Crippen molar-refractivity contribution in [1.29, 1.82) is 0 Å². The molecule has 0 aliphatic rings. The summed E-state index contributed by atoms with van der Waals surface area (Å²) in [5.41, 5.74) is 1.50. The van der Waals surface area contributed by atoms with Crippen LogP contribution in [0.5, 0.6) is 5.88 Å². The molecular formula is C14H15N3O3. The molecule has 0 saturated heterocycles. The first-order valence-electron chi connectivity index (χ1n) is 6.04.